The molecule has 0 bridgehead atoms. The van der Waals surface area contributed by atoms with Gasteiger partial charge in [-0.15, -0.1) is 10.2 Å². The number of anilines is 2. The number of hydrogen-bond donors (Lipinski definition) is 0. The Balaban J connectivity index is 1.71. The molecule has 2 aromatic heterocycles. The van der Waals surface area contributed by atoms with Gasteiger partial charge in [-0.2, -0.15) is 0 Å². The Morgan fingerprint density at radius 1 is 1.04 bits per heavy atom. The van der Waals surface area contributed by atoms with Crippen molar-refractivity contribution in [2.45, 2.75) is 19.3 Å². The molecule has 1 unspecified atom stereocenters. The fraction of sp³-hybridized carbons (Fsp3) is 0.190. The molecular weight excluding hydrogens is 358 g/mol. The first-order valence-electron chi connectivity index (χ1n) is 8.94. The highest BCUT2D eigenvalue weighted by Crippen LogP contribution is 2.40. The highest BCUT2D eigenvalue weighted by atomic mass is 35.5. The lowest BCUT2D eigenvalue weighted by Crippen LogP contribution is -2.14. The van der Waals surface area contributed by atoms with Gasteiger partial charge in [-0.3, -0.25) is 4.40 Å². The van der Waals surface area contributed by atoms with E-state index in [4.69, 9.17) is 16.6 Å². The van der Waals surface area contributed by atoms with Crippen LogP contribution in [-0.2, 0) is 6.42 Å². The first kappa shape index (κ1) is 16.3. The molecule has 0 spiro atoms. The zero-order valence-corrected chi connectivity index (χ0v) is 15.9. The minimum Gasteiger partial charge on any atom is -0.329 e. The lowest BCUT2D eigenvalue weighted by atomic mass is 9.94. The average molecular weight is 376 g/mol. The minimum atomic E-state index is 0.369. The van der Waals surface area contributed by atoms with Gasteiger partial charge in [0.15, 0.2) is 11.5 Å². The van der Waals surface area contributed by atoms with Gasteiger partial charge in [0, 0.05) is 28.9 Å². The van der Waals surface area contributed by atoms with Crippen LogP contribution in [-0.4, -0.2) is 26.6 Å². The third kappa shape index (κ3) is 2.50. The van der Waals surface area contributed by atoms with E-state index in [-0.39, 0.29) is 0 Å². The maximum Gasteiger partial charge on any atom is 0.169 e. The quantitative estimate of drug-likeness (QED) is 0.476. The van der Waals surface area contributed by atoms with Crippen LogP contribution in [0.1, 0.15) is 24.0 Å². The second kappa shape index (κ2) is 6.06. The van der Waals surface area contributed by atoms with E-state index >= 15 is 0 Å². The number of hydrogen-bond acceptors (Lipinski definition) is 4. The predicted molar refractivity (Wildman–Crippen MR) is 108 cm³/mol. The molecular formula is C21H18ClN5. The number of rotatable bonds is 1. The van der Waals surface area contributed by atoms with Crippen molar-refractivity contribution in [1.82, 2.24) is 19.6 Å². The third-order valence-electron chi connectivity index (χ3n) is 5.29. The number of para-hydroxylation sites is 1. The second-order valence-electron chi connectivity index (χ2n) is 6.99. The molecule has 0 fully saturated rings. The van der Waals surface area contributed by atoms with E-state index in [2.05, 4.69) is 53.3 Å². The van der Waals surface area contributed by atoms with Crippen LogP contribution in [0.5, 0.6) is 0 Å². The number of nitrogens with zero attached hydrogens (tertiary/aromatic N) is 5. The lowest BCUT2D eigenvalue weighted by molar-refractivity contribution is 0.766. The summed E-state index contributed by atoms with van der Waals surface area (Å²) in [4.78, 5) is 6.94. The van der Waals surface area contributed by atoms with E-state index in [1.165, 1.54) is 11.3 Å². The summed E-state index contributed by atoms with van der Waals surface area (Å²) in [6.45, 7) is 2.25. The van der Waals surface area contributed by atoms with Crippen LogP contribution in [0.4, 0.5) is 11.5 Å². The molecule has 2 aromatic carbocycles. The molecule has 1 aliphatic rings. The Morgan fingerprint density at radius 2 is 1.81 bits per heavy atom. The van der Waals surface area contributed by atoms with E-state index in [1.807, 2.05) is 35.0 Å². The van der Waals surface area contributed by atoms with Crippen molar-refractivity contribution >= 4 is 28.8 Å². The van der Waals surface area contributed by atoms with Gasteiger partial charge in [-0.05, 0) is 48.2 Å². The van der Waals surface area contributed by atoms with Crippen molar-refractivity contribution in [2.24, 2.45) is 0 Å². The number of fused-ring (bicyclic) bond motifs is 4. The van der Waals surface area contributed by atoms with Crippen LogP contribution in [0.25, 0.3) is 17.0 Å². The highest BCUT2D eigenvalue weighted by Gasteiger charge is 2.26. The largest absolute Gasteiger partial charge is 0.329 e. The van der Waals surface area contributed by atoms with Gasteiger partial charge in [0.2, 0.25) is 0 Å². The van der Waals surface area contributed by atoms with Crippen LogP contribution in [0, 0.1) is 0 Å². The molecule has 6 heteroatoms. The summed E-state index contributed by atoms with van der Waals surface area (Å²) in [5, 5.41) is 9.66. The molecule has 4 aromatic rings. The Kier molecular flexibility index (Phi) is 3.65. The van der Waals surface area contributed by atoms with Gasteiger partial charge < -0.3 is 4.90 Å². The standard InChI is InChI=1S/C21H18ClN5/c1-13-11-17-20(26(2)18-6-4-3-5-16(13)18)23-12-27-19(24-25-21(17)27)14-7-9-15(22)10-8-14/h3-10,12-13H,11H2,1-2H3. The van der Waals surface area contributed by atoms with Gasteiger partial charge in [0.25, 0.3) is 0 Å². The fourth-order valence-electron chi connectivity index (χ4n) is 3.90. The lowest BCUT2D eigenvalue weighted by Gasteiger charge is -2.21. The average Bonchev–Trinajstić information content (AvgIpc) is 3.08. The summed E-state index contributed by atoms with van der Waals surface area (Å²) >= 11 is 6.02. The molecule has 134 valence electrons. The Labute approximate surface area is 162 Å². The summed E-state index contributed by atoms with van der Waals surface area (Å²) in [5.41, 5.74) is 5.46. The Morgan fingerprint density at radius 3 is 2.63 bits per heavy atom. The zero-order chi connectivity index (χ0) is 18.5. The first-order chi connectivity index (χ1) is 13.1. The predicted octanol–water partition coefficient (Wildman–Crippen LogP) is 4.87. The molecule has 1 atom stereocenters. The molecule has 0 radical (unpaired) electrons. The number of aromatic nitrogens is 4. The second-order valence-corrected chi connectivity index (χ2v) is 7.43. The normalized spacial score (nSPS) is 16.1. The van der Waals surface area contributed by atoms with E-state index in [0.717, 1.165) is 34.8 Å². The van der Waals surface area contributed by atoms with Gasteiger partial charge in [0.05, 0.1) is 0 Å². The Bertz CT molecular complexity index is 1150. The highest BCUT2D eigenvalue weighted by molar-refractivity contribution is 6.30. The summed E-state index contributed by atoms with van der Waals surface area (Å²) in [6, 6.07) is 16.1. The zero-order valence-electron chi connectivity index (χ0n) is 15.1. The fourth-order valence-corrected chi connectivity index (χ4v) is 4.03. The molecule has 27 heavy (non-hydrogen) atoms. The summed E-state index contributed by atoms with van der Waals surface area (Å²) < 4.78 is 1.97. The molecule has 0 saturated carbocycles. The van der Waals surface area contributed by atoms with E-state index < -0.39 is 0 Å². The van der Waals surface area contributed by atoms with E-state index in [9.17, 15) is 0 Å². The van der Waals surface area contributed by atoms with Crippen molar-refractivity contribution < 1.29 is 0 Å². The van der Waals surface area contributed by atoms with Gasteiger partial charge in [0.1, 0.15) is 12.1 Å². The summed E-state index contributed by atoms with van der Waals surface area (Å²) in [5.74, 6) is 2.08. The number of halogens is 1. The van der Waals surface area contributed by atoms with Crippen LogP contribution in [0.3, 0.4) is 0 Å². The SMILES string of the molecule is CC1Cc2c(ncn3c(-c4ccc(Cl)cc4)nnc23)N(C)c2ccccc21. The molecule has 0 amide bonds. The van der Waals surface area contributed by atoms with Crippen molar-refractivity contribution in [1.29, 1.82) is 0 Å². The van der Waals surface area contributed by atoms with Crippen LogP contribution in [0.15, 0.2) is 54.9 Å². The monoisotopic (exact) mass is 375 g/mol. The van der Waals surface area contributed by atoms with Crippen molar-refractivity contribution in [2.75, 3.05) is 11.9 Å². The van der Waals surface area contributed by atoms with Crippen LogP contribution >= 0.6 is 11.6 Å². The number of benzene rings is 2. The summed E-state index contributed by atoms with van der Waals surface area (Å²) in [7, 11) is 2.07. The van der Waals surface area contributed by atoms with Crippen LogP contribution < -0.4 is 4.90 Å². The molecule has 5 rings (SSSR count). The molecule has 1 aliphatic heterocycles. The van der Waals surface area contributed by atoms with Crippen molar-refractivity contribution in [3.63, 3.8) is 0 Å². The van der Waals surface area contributed by atoms with Gasteiger partial charge in [-0.1, -0.05) is 36.7 Å². The maximum absolute atomic E-state index is 6.02. The molecule has 5 nitrogen and oxygen atoms in total. The van der Waals surface area contributed by atoms with E-state index in [1.54, 1.807) is 0 Å². The Hall–Kier alpha value is -2.92. The minimum absolute atomic E-state index is 0.369. The van der Waals surface area contributed by atoms with Gasteiger partial charge in [-0.25, -0.2) is 4.98 Å². The van der Waals surface area contributed by atoms with Crippen LogP contribution in [0.2, 0.25) is 5.02 Å². The molecule has 0 aliphatic carbocycles. The summed E-state index contributed by atoms with van der Waals surface area (Å²) in [6.07, 6.45) is 2.68. The van der Waals surface area contributed by atoms with Crippen molar-refractivity contribution in [3.8, 4) is 11.4 Å². The maximum atomic E-state index is 6.02. The topological polar surface area (TPSA) is 46.3 Å². The first-order valence-corrected chi connectivity index (χ1v) is 9.32. The molecule has 0 saturated heterocycles. The van der Waals surface area contributed by atoms with E-state index in [0.29, 0.717) is 10.9 Å². The third-order valence-corrected chi connectivity index (χ3v) is 5.54. The molecule has 3 heterocycles. The van der Waals surface area contributed by atoms with Crippen molar-refractivity contribution in [3.05, 3.63) is 71.0 Å². The smallest absolute Gasteiger partial charge is 0.169 e. The van der Waals surface area contributed by atoms with Gasteiger partial charge >= 0.3 is 0 Å². The molecule has 0 N–H and O–H groups in total.